The van der Waals surface area contributed by atoms with Crippen molar-refractivity contribution in [3.05, 3.63) is 10.0 Å². The van der Waals surface area contributed by atoms with Gasteiger partial charge in [0.15, 0.2) is 0 Å². The van der Waals surface area contributed by atoms with Crippen LogP contribution in [-0.2, 0) is 11.3 Å². The Balaban J connectivity index is 1.60. The summed E-state index contributed by atoms with van der Waals surface area (Å²) in [5, 5.41) is 3.88. The van der Waals surface area contributed by atoms with E-state index in [2.05, 4.69) is 9.59 Å². The smallest absolute Gasteiger partial charge is 0.139 e. The van der Waals surface area contributed by atoms with Crippen LogP contribution < -0.4 is 0 Å². The van der Waals surface area contributed by atoms with Crippen LogP contribution in [0.4, 0.5) is 0 Å². The lowest BCUT2D eigenvalue weighted by atomic mass is 9.83. The van der Waals surface area contributed by atoms with Gasteiger partial charge in [0.1, 0.15) is 10.0 Å². The van der Waals surface area contributed by atoms with Gasteiger partial charge >= 0.3 is 0 Å². The molecule has 0 N–H and O–H groups in total. The molecule has 0 atom stereocenters. The molecule has 78 valence electrons. The Morgan fingerprint density at radius 2 is 2.36 bits per heavy atom. The lowest BCUT2D eigenvalue weighted by molar-refractivity contribution is 0.0929. The number of rotatable bonds is 5. The first-order chi connectivity index (χ1) is 6.86. The average Bonchev–Trinajstić information content (AvgIpc) is 2.48. The average molecular weight is 233 g/mol. The van der Waals surface area contributed by atoms with Crippen LogP contribution in [0.15, 0.2) is 0 Å². The molecule has 0 saturated heterocycles. The minimum Gasteiger partial charge on any atom is -0.375 e. The molecule has 0 unspecified atom stereocenters. The highest BCUT2D eigenvalue weighted by Gasteiger charge is 2.16. The monoisotopic (exact) mass is 232 g/mol. The molecule has 3 nitrogen and oxygen atoms in total. The van der Waals surface area contributed by atoms with Crippen molar-refractivity contribution in [2.45, 2.75) is 32.3 Å². The Kier molecular flexibility index (Phi) is 3.73. The molecule has 0 amide bonds. The highest BCUT2D eigenvalue weighted by Crippen LogP contribution is 2.29. The van der Waals surface area contributed by atoms with Gasteiger partial charge in [-0.2, -0.15) is 0 Å². The zero-order valence-electron chi connectivity index (χ0n) is 7.91. The van der Waals surface area contributed by atoms with Crippen LogP contribution >= 0.6 is 23.1 Å². The van der Waals surface area contributed by atoms with E-state index in [0.717, 1.165) is 18.2 Å². The molecule has 14 heavy (non-hydrogen) atoms. The zero-order valence-corrected chi connectivity index (χ0v) is 9.48. The highest BCUT2D eigenvalue weighted by molar-refractivity contribution is 7.10. The molecule has 0 bridgehead atoms. The predicted molar refractivity (Wildman–Crippen MR) is 56.5 cm³/mol. The minimum absolute atomic E-state index is 0.502. The molecule has 0 radical (unpaired) electrons. The standard InChI is InChI=1S/C9H13ClN2OS/c10-9-8(11-12-14-9)6-13-5-4-7-2-1-3-7/h7H,1-6H2. The molecule has 1 heterocycles. The van der Waals surface area contributed by atoms with Gasteiger partial charge in [0.25, 0.3) is 0 Å². The van der Waals surface area contributed by atoms with Crippen molar-refractivity contribution < 1.29 is 4.74 Å². The summed E-state index contributed by atoms with van der Waals surface area (Å²) in [6.07, 6.45) is 5.33. The minimum atomic E-state index is 0.502. The summed E-state index contributed by atoms with van der Waals surface area (Å²) in [5.41, 5.74) is 0.769. The van der Waals surface area contributed by atoms with Crippen LogP contribution in [0.25, 0.3) is 0 Å². The Labute approximate surface area is 92.6 Å². The number of ether oxygens (including phenoxy) is 1. The van der Waals surface area contributed by atoms with Crippen molar-refractivity contribution in [2.75, 3.05) is 6.61 Å². The van der Waals surface area contributed by atoms with Crippen molar-refractivity contribution in [1.29, 1.82) is 0 Å². The second-order valence-electron chi connectivity index (χ2n) is 3.63. The first-order valence-corrected chi connectivity index (χ1v) is 6.06. The molecule has 1 saturated carbocycles. The molecule has 1 aliphatic carbocycles. The lowest BCUT2D eigenvalue weighted by Gasteiger charge is -2.24. The van der Waals surface area contributed by atoms with E-state index in [4.69, 9.17) is 16.3 Å². The van der Waals surface area contributed by atoms with Gasteiger partial charge in [0, 0.05) is 18.1 Å². The van der Waals surface area contributed by atoms with Crippen LogP contribution in [0.2, 0.25) is 4.34 Å². The van der Waals surface area contributed by atoms with Crippen LogP contribution in [0.5, 0.6) is 0 Å². The van der Waals surface area contributed by atoms with Crippen molar-refractivity contribution in [3.63, 3.8) is 0 Å². The van der Waals surface area contributed by atoms with Crippen molar-refractivity contribution in [2.24, 2.45) is 5.92 Å². The lowest BCUT2D eigenvalue weighted by Crippen LogP contribution is -2.13. The van der Waals surface area contributed by atoms with E-state index in [1.165, 1.54) is 37.2 Å². The number of aromatic nitrogens is 2. The SMILES string of the molecule is Clc1snnc1COCCC1CCC1. The van der Waals surface area contributed by atoms with Crippen molar-refractivity contribution >= 4 is 23.1 Å². The van der Waals surface area contributed by atoms with E-state index < -0.39 is 0 Å². The zero-order chi connectivity index (χ0) is 9.80. The molecule has 1 fully saturated rings. The second-order valence-corrected chi connectivity index (χ2v) is 4.99. The van der Waals surface area contributed by atoms with Gasteiger partial charge in [0.2, 0.25) is 0 Å². The quantitative estimate of drug-likeness (QED) is 0.733. The van der Waals surface area contributed by atoms with Gasteiger partial charge in [-0.05, 0) is 12.3 Å². The molecular weight excluding hydrogens is 220 g/mol. The van der Waals surface area contributed by atoms with Crippen molar-refractivity contribution in [1.82, 2.24) is 9.59 Å². The summed E-state index contributed by atoms with van der Waals surface area (Å²) < 4.78 is 9.87. The summed E-state index contributed by atoms with van der Waals surface area (Å²) in [6.45, 7) is 1.32. The number of nitrogens with zero attached hydrogens (tertiary/aromatic N) is 2. The molecule has 1 aromatic rings. The van der Waals surface area contributed by atoms with E-state index in [9.17, 15) is 0 Å². The fourth-order valence-corrected chi connectivity index (χ4v) is 2.08. The fraction of sp³-hybridized carbons (Fsp3) is 0.778. The summed E-state index contributed by atoms with van der Waals surface area (Å²) in [7, 11) is 0. The van der Waals surface area contributed by atoms with Gasteiger partial charge in [-0.1, -0.05) is 35.4 Å². The molecule has 2 rings (SSSR count). The van der Waals surface area contributed by atoms with E-state index in [1.54, 1.807) is 0 Å². The molecule has 5 heteroatoms. The van der Waals surface area contributed by atoms with Crippen molar-refractivity contribution in [3.8, 4) is 0 Å². The largest absolute Gasteiger partial charge is 0.375 e. The van der Waals surface area contributed by atoms with Crippen LogP contribution in [0.1, 0.15) is 31.4 Å². The summed E-state index contributed by atoms with van der Waals surface area (Å²) in [4.78, 5) is 0. The van der Waals surface area contributed by atoms with E-state index in [-0.39, 0.29) is 0 Å². The van der Waals surface area contributed by atoms with Crippen LogP contribution in [0.3, 0.4) is 0 Å². The van der Waals surface area contributed by atoms with E-state index in [0.29, 0.717) is 10.9 Å². The summed E-state index contributed by atoms with van der Waals surface area (Å²) >= 11 is 7.04. The van der Waals surface area contributed by atoms with Gasteiger partial charge in [-0.3, -0.25) is 0 Å². The number of hydrogen-bond donors (Lipinski definition) is 0. The predicted octanol–water partition coefficient (Wildman–Crippen LogP) is 2.90. The molecular formula is C9H13ClN2OS. The van der Waals surface area contributed by atoms with Gasteiger partial charge in [-0.15, -0.1) is 5.10 Å². The molecule has 0 aliphatic heterocycles. The first-order valence-electron chi connectivity index (χ1n) is 4.90. The Bertz CT molecular complexity index is 288. The summed E-state index contributed by atoms with van der Waals surface area (Å²) in [6, 6.07) is 0. The number of halogens is 1. The number of hydrogen-bond acceptors (Lipinski definition) is 4. The maximum Gasteiger partial charge on any atom is 0.139 e. The fourth-order valence-electron chi connectivity index (χ4n) is 1.48. The van der Waals surface area contributed by atoms with Gasteiger partial charge < -0.3 is 4.74 Å². The maximum atomic E-state index is 5.83. The van der Waals surface area contributed by atoms with Crippen LogP contribution in [-0.4, -0.2) is 16.2 Å². The first kappa shape index (κ1) is 10.3. The molecule has 1 aliphatic rings. The van der Waals surface area contributed by atoms with E-state index >= 15 is 0 Å². The summed E-state index contributed by atoms with van der Waals surface area (Å²) in [5.74, 6) is 0.902. The normalized spacial score (nSPS) is 16.9. The Hall–Kier alpha value is -0.190. The second kappa shape index (κ2) is 5.05. The topological polar surface area (TPSA) is 35.0 Å². The third-order valence-corrected chi connectivity index (χ3v) is 3.63. The molecule has 0 aromatic carbocycles. The van der Waals surface area contributed by atoms with Gasteiger partial charge in [0.05, 0.1) is 6.61 Å². The van der Waals surface area contributed by atoms with Crippen LogP contribution in [0, 0.1) is 5.92 Å². The van der Waals surface area contributed by atoms with Gasteiger partial charge in [-0.25, -0.2) is 0 Å². The maximum absolute atomic E-state index is 5.83. The third kappa shape index (κ3) is 2.65. The molecule has 1 aromatic heterocycles. The Morgan fingerprint density at radius 3 is 2.93 bits per heavy atom. The van der Waals surface area contributed by atoms with E-state index in [1.807, 2.05) is 0 Å². The molecule has 0 spiro atoms. The highest BCUT2D eigenvalue weighted by atomic mass is 35.5. The Morgan fingerprint density at radius 1 is 1.50 bits per heavy atom. The third-order valence-electron chi connectivity index (χ3n) is 2.64.